The number of nitrogens with zero attached hydrogens (tertiary/aromatic N) is 1. The number of benzene rings is 2. The van der Waals surface area contributed by atoms with Crippen molar-refractivity contribution in [2.45, 2.75) is 30.8 Å². The molecule has 0 bridgehead atoms. The van der Waals surface area contributed by atoms with Crippen LogP contribution in [0.15, 0.2) is 59.8 Å². The molecule has 0 spiro atoms. The lowest BCUT2D eigenvalue weighted by Crippen LogP contribution is -2.43. The largest absolute Gasteiger partial charge is 0.480 e. The second-order valence-electron chi connectivity index (χ2n) is 8.88. The van der Waals surface area contributed by atoms with E-state index in [0.29, 0.717) is 29.5 Å². The Morgan fingerprint density at radius 3 is 2.30 bits per heavy atom. The number of carbonyl (C=O) groups excluding carboxylic acids is 1. The molecule has 2 aromatic rings. The number of amides is 1. The zero-order valence-electron chi connectivity index (χ0n) is 19.9. The molecule has 1 aliphatic heterocycles. The number of carbonyl (C=O) groups is 2. The summed E-state index contributed by atoms with van der Waals surface area (Å²) in [5, 5.41) is 35.1. The third-order valence-electron chi connectivity index (χ3n) is 6.11. The van der Waals surface area contributed by atoms with E-state index >= 15 is 0 Å². The quantitative estimate of drug-likeness (QED) is 0.0914. The van der Waals surface area contributed by atoms with E-state index in [4.69, 9.17) is 21.2 Å². The van der Waals surface area contributed by atoms with Crippen LogP contribution in [0.3, 0.4) is 0 Å². The number of aliphatic hydroxyl groups excluding tert-OH is 1. The number of carboxylic acids is 1. The summed E-state index contributed by atoms with van der Waals surface area (Å²) < 4.78 is 25.1. The van der Waals surface area contributed by atoms with Crippen LogP contribution in [0.1, 0.15) is 23.1 Å². The van der Waals surface area contributed by atoms with E-state index in [1.54, 1.807) is 42.5 Å². The van der Waals surface area contributed by atoms with Gasteiger partial charge in [0.1, 0.15) is 6.04 Å². The highest BCUT2D eigenvalue weighted by atomic mass is 32.2. The van der Waals surface area contributed by atoms with Crippen LogP contribution in [0.4, 0.5) is 0 Å². The molecule has 37 heavy (non-hydrogen) atoms. The Labute approximate surface area is 214 Å². The van der Waals surface area contributed by atoms with Crippen molar-refractivity contribution in [3.63, 3.8) is 0 Å². The fraction of sp³-hybridized carbons (Fsp3) is 0.375. The predicted octanol–water partition coefficient (Wildman–Crippen LogP) is -0.443. The van der Waals surface area contributed by atoms with E-state index in [2.05, 4.69) is 15.8 Å². The lowest BCUT2D eigenvalue weighted by molar-refractivity contribution is -0.139. The van der Waals surface area contributed by atoms with Crippen molar-refractivity contribution in [1.29, 1.82) is 0 Å². The highest BCUT2D eigenvalue weighted by molar-refractivity contribution is 7.88. The van der Waals surface area contributed by atoms with Crippen molar-refractivity contribution in [2.24, 2.45) is 22.7 Å². The zero-order chi connectivity index (χ0) is 27.0. The molecular formula is C24H31N5O7S. The minimum Gasteiger partial charge on any atom is -0.480 e. The average Bonchev–Trinajstić information content (AvgIpc) is 3.55. The third-order valence-corrected chi connectivity index (χ3v) is 7.47. The highest BCUT2D eigenvalue weighted by Gasteiger charge is 2.50. The number of hydrogen-bond acceptors (Lipinski definition) is 8. The van der Waals surface area contributed by atoms with Gasteiger partial charge in [-0.25, -0.2) is 8.42 Å². The van der Waals surface area contributed by atoms with Gasteiger partial charge in [-0.15, -0.1) is 0 Å². The van der Waals surface area contributed by atoms with Crippen molar-refractivity contribution in [1.82, 2.24) is 15.4 Å². The molecule has 1 amide bonds. The summed E-state index contributed by atoms with van der Waals surface area (Å²) in [7, 11) is -3.78. The molecule has 2 aliphatic rings. The number of nitrogens with one attached hydrogen (secondary N) is 3. The fourth-order valence-electron chi connectivity index (χ4n) is 4.00. The Bertz CT molecular complexity index is 1210. The lowest BCUT2D eigenvalue weighted by Gasteiger charge is -2.13. The molecule has 1 aliphatic carbocycles. The number of amidine groups is 1. The van der Waals surface area contributed by atoms with Gasteiger partial charge in [-0.3, -0.25) is 9.59 Å². The van der Waals surface area contributed by atoms with Gasteiger partial charge in [0.05, 0.1) is 18.4 Å². The number of nitrogens with two attached hydrogens (primary N) is 1. The van der Waals surface area contributed by atoms with Gasteiger partial charge in [0.15, 0.2) is 5.84 Å². The van der Waals surface area contributed by atoms with Crippen LogP contribution in [0.25, 0.3) is 0 Å². The molecule has 2 fully saturated rings. The molecular weight excluding hydrogens is 502 g/mol. The van der Waals surface area contributed by atoms with Gasteiger partial charge in [0.25, 0.3) is 0 Å². The molecule has 4 rings (SSSR count). The topological polar surface area (TPSA) is 203 Å². The summed E-state index contributed by atoms with van der Waals surface area (Å²) in [6.07, 6.45) is 1.18. The number of aliphatic hydroxyl groups is 1. The van der Waals surface area contributed by atoms with Gasteiger partial charge in [-0.2, -0.15) is 4.72 Å². The second kappa shape index (κ2) is 12.6. The van der Waals surface area contributed by atoms with Gasteiger partial charge in [-0.05, 0) is 35.9 Å². The molecule has 2 aromatic carbocycles. The van der Waals surface area contributed by atoms with Crippen molar-refractivity contribution < 1.29 is 33.4 Å². The number of rotatable bonds is 10. The van der Waals surface area contributed by atoms with E-state index in [-0.39, 0.29) is 23.5 Å². The Morgan fingerprint density at radius 2 is 1.78 bits per heavy atom. The molecule has 4 atom stereocenters. The molecule has 0 aromatic heterocycles. The SMILES string of the molecule is NC(=NO)c1ccc(CNC(=O)[C@H]2NCC3CC32)cc1.O=C(O)[C@@H](CO)NS(=O)(=O)Cc1ccccc1. The Morgan fingerprint density at radius 1 is 1.11 bits per heavy atom. The number of fused-ring (bicyclic) bond motifs is 1. The van der Waals surface area contributed by atoms with Crippen molar-refractivity contribution in [3.05, 3.63) is 71.3 Å². The molecule has 1 saturated carbocycles. The van der Waals surface area contributed by atoms with Gasteiger partial charge >= 0.3 is 5.97 Å². The zero-order valence-corrected chi connectivity index (χ0v) is 20.8. The first kappa shape index (κ1) is 28.1. The minimum absolute atomic E-state index is 0.0172. The van der Waals surface area contributed by atoms with Crippen LogP contribution in [0.2, 0.25) is 0 Å². The summed E-state index contributed by atoms with van der Waals surface area (Å²) in [5.74, 6) is -0.323. The molecule has 13 heteroatoms. The van der Waals surface area contributed by atoms with Crippen LogP contribution in [0, 0.1) is 11.8 Å². The Balaban J connectivity index is 0.000000209. The van der Waals surface area contributed by atoms with Crippen molar-refractivity contribution in [3.8, 4) is 0 Å². The van der Waals surface area contributed by atoms with Crippen molar-refractivity contribution >= 4 is 27.7 Å². The first-order valence-corrected chi connectivity index (χ1v) is 13.2. The maximum atomic E-state index is 12.0. The normalized spacial score (nSPS) is 21.2. The number of aliphatic carboxylic acids is 1. The van der Waals surface area contributed by atoms with E-state index in [1.165, 1.54) is 6.42 Å². The summed E-state index contributed by atoms with van der Waals surface area (Å²) in [6, 6.07) is 14.1. The third kappa shape index (κ3) is 8.25. The summed E-state index contributed by atoms with van der Waals surface area (Å²) in [4.78, 5) is 22.6. The molecule has 1 heterocycles. The van der Waals surface area contributed by atoms with Crippen LogP contribution >= 0.6 is 0 Å². The second-order valence-corrected chi connectivity index (χ2v) is 10.6. The van der Waals surface area contributed by atoms with Crippen LogP contribution in [-0.4, -0.2) is 66.8 Å². The Hall–Kier alpha value is -3.52. The van der Waals surface area contributed by atoms with E-state index in [0.717, 1.165) is 12.1 Å². The molecule has 12 nitrogen and oxygen atoms in total. The highest BCUT2D eigenvalue weighted by Crippen LogP contribution is 2.45. The lowest BCUT2D eigenvalue weighted by atomic mass is 10.1. The number of hydrogen-bond donors (Lipinski definition) is 7. The maximum Gasteiger partial charge on any atom is 0.324 e. The minimum atomic E-state index is -3.78. The molecule has 0 radical (unpaired) electrons. The van der Waals surface area contributed by atoms with Crippen LogP contribution < -0.4 is 21.1 Å². The molecule has 2 unspecified atom stereocenters. The first-order chi connectivity index (χ1) is 17.6. The van der Waals surface area contributed by atoms with E-state index < -0.39 is 28.6 Å². The number of oxime groups is 1. The summed E-state index contributed by atoms with van der Waals surface area (Å²) >= 11 is 0. The number of carboxylic acid groups (broad SMARTS) is 1. The first-order valence-electron chi connectivity index (χ1n) is 11.6. The van der Waals surface area contributed by atoms with Crippen LogP contribution in [-0.2, 0) is 31.9 Å². The van der Waals surface area contributed by atoms with Crippen molar-refractivity contribution in [2.75, 3.05) is 13.2 Å². The van der Waals surface area contributed by atoms with Gasteiger partial charge in [0.2, 0.25) is 15.9 Å². The number of sulfonamides is 1. The van der Waals surface area contributed by atoms with Crippen LogP contribution in [0.5, 0.6) is 0 Å². The van der Waals surface area contributed by atoms with Gasteiger partial charge in [0, 0.05) is 12.1 Å². The molecule has 8 N–H and O–H groups in total. The average molecular weight is 534 g/mol. The van der Waals surface area contributed by atoms with Gasteiger partial charge in [-0.1, -0.05) is 59.8 Å². The standard InChI is InChI=1S/C14H18N4O2.C10H13NO5S/c15-13(18-20)9-3-1-8(2-4-9)6-17-14(19)12-11-5-10(11)7-16-12;12-6-9(10(13)14)11-17(15,16)7-8-4-2-1-3-5-8/h1-4,10-12,16,20H,5-7H2,(H2,15,18)(H,17,19);1-5,9,11-12H,6-7H2,(H,13,14)/t10?,11?,12-;9-/m01/s1. The monoisotopic (exact) mass is 533 g/mol. The summed E-state index contributed by atoms with van der Waals surface area (Å²) in [6.45, 7) is 0.672. The fourth-order valence-corrected chi connectivity index (χ4v) is 5.32. The molecule has 1 saturated heterocycles. The molecule has 200 valence electrons. The Kier molecular flexibility index (Phi) is 9.58. The summed E-state index contributed by atoms with van der Waals surface area (Å²) in [5.41, 5.74) is 7.67. The van der Waals surface area contributed by atoms with E-state index in [9.17, 15) is 18.0 Å². The van der Waals surface area contributed by atoms with E-state index in [1.807, 2.05) is 16.9 Å². The predicted molar refractivity (Wildman–Crippen MR) is 135 cm³/mol. The smallest absolute Gasteiger partial charge is 0.324 e. The van der Waals surface area contributed by atoms with Gasteiger partial charge < -0.3 is 31.8 Å². The number of piperidine rings is 1. The maximum absolute atomic E-state index is 12.0.